The highest BCUT2D eigenvalue weighted by molar-refractivity contribution is 6.09. The SMILES string of the molecule is CC1CC(C)(C)CC2(C1)NC(=O)N(CC(=O)NCc1ccncc1)C2=O. The molecule has 3 rings (SSSR count). The Bertz CT molecular complexity index is 719. The molecule has 1 spiro atoms. The van der Waals surface area contributed by atoms with E-state index in [2.05, 4.69) is 36.4 Å². The van der Waals surface area contributed by atoms with Crippen LogP contribution in [-0.4, -0.2) is 39.8 Å². The van der Waals surface area contributed by atoms with E-state index in [1.165, 1.54) is 0 Å². The molecule has 0 bridgehead atoms. The zero-order valence-electron chi connectivity index (χ0n) is 15.5. The van der Waals surface area contributed by atoms with E-state index in [4.69, 9.17) is 0 Å². The number of rotatable bonds is 4. The standard InChI is InChI=1S/C19H26N4O3/c1-13-8-18(2,3)12-19(9-13)16(25)23(17(26)22-19)11-15(24)21-10-14-4-6-20-7-5-14/h4-7,13H,8-12H2,1-3H3,(H,21,24)(H,22,26). The van der Waals surface area contributed by atoms with Crippen LogP contribution in [0.3, 0.4) is 0 Å². The molecular formula is C19H26N4O3. The first-order valence-electron chi connectivity index (χ1n) is 9.00. The van der Waals surface area contributed by atoms with Crippen molar-refractivity contribution in [3.8, 4) is 0 Å². The van der Waals surface area contributed by atoms with Crippen LogP contribution in [0.25, 0.3) is 0 Å². The Morgan fingerprint density at radius 2 is 2.00 bits per heavy atom. The summed E-state index contributed by atoms with van der Waals surface area (Å²) in [6, 6.07) is 3.13. The number of imide groups is 1. The lowest BCUT2D eigenvalue weighted by atomic mass is 9.64. The van der Waals surface area contributed by atoms with Crippen molar-refractivity contribution >= 4 is 17.8 Å². The molecule has 2 heterocycles. The van der Waals surface area contributed by atoms with Crippen molar-refractivity contribution in [2.75, 3.05) is 6.54 Å². The van der Waals surface area contributed by atoms with Gasteiger partial charge in [0.2, 0.25) is 5.91 Å². The number of urea groups is 1. The van der Waals surface area contributed by atoms with E-state index in [9.17, 15) is 14.4 Å². The summed E-state index contributed by atoms with van der Waals surface area (Å²) in [5, 5.41) is 5.63. The second-order valence-electron chi connectivity index (χ2n) is 8.39. The summed E-state index contributed by atoms with van der Waals surface area (Å²) in [6.07, 6.45) is 5.54. The topological polar surface area (TPSA) is 91.4 Å². The van der Waals surface area contributed by atoms with Crippen molar-refractivity contribution in [2.24, 2.45) is 11.3 Å². The molecule has 4 amide bonds. The van der Waals surface area contributed by atoms with Gasteiger partial charge in [0.05, 0.1) is 0 Å². The second kappa shape index (κ2) is 6.70. The molecule has 2 aliphatic rings. The van der Waals surface area contributed by atoms with E-state index in [1.807, 2.05) is 0 Å². The third kappa shape index (κ3) is 3.71. The highest BCUT2D eigenvalue weighted by Crippen LogP contribution is 2.46. The Labute approximate surface area is 153 Å². The summed E-state index contributed by atoms with van der Waals surface area (Å²) >= 11 is 0. The van der Waals surface area contributed by atoms with E-state index >= 15 is 0 Å². The molecule has 2 N–H and O–H groups in total. The van der Waals surface area contributed by atoms with Gasteiger partial charge in [0.15, 0.2) is 0 Å². The van der Waals surface area contributed by atoms with Crippen LogP contribution < -0.4 is 10.6 Å². The molecule has 0 aromatic carbocycles. The first kappa shape index (κ1) is 18.4. The van der Waals surface area contributed by atoms with Crippen molar-refractivity contribution in [1.29, 1.82) is 0 Å². The number of nitrogens with one attached hydrogen (secondary N) is 2. The highest BCUT2D eigenvalue weighted by Gasteiger charge is 2.56. The van der Waals surface area contributed by atoms with Crippen LogP contribution in [0, 0.1) is 11.3 Å². The third-order valence-electron chi connectivity index (χ3n) is 5.16. The first-order chi connectivity index (χ1) is 12.2. The Balaban J connectivity index is 1.65. The molecule has 2 fully saturated rings. The first-order valence-corrected chi connectivity index (χ1v) is 9.00. The van der Waals surface area contributed by atoms with Gasteiger partial charge in [0.1, 0.15) is 12.1 Å². The van der Waals surface area contributed by atoms with E-state index in [-0.39, 0.29) is 23.8 Å². The zero-order valence-corrected chi connectivity index (χ0v) is 15.5. The van der Waals surface area contributed by atoms with E-state index in [1.54, 1.807) is 24.5 Å². The Hall–Kier alpha value is -2.44. The second-order valence-corrected chi connectivity index (χ2v) is 8.39. The van der Waals surface area contributed by atoms with Gasteiger partial charge < -0.3 is 10.6 Å². The lowest BCUT2D eigenvalue weighted by Crippen LogP contribution is -2.54. The molecule has 0 radical (unpaired) electrons. The number of hydrogen-bond donors (Lipinski definition) is 2. The molecule has 1 aromatic heterocycles. The molecule has 7 heteroatoms. The zero-order chi connectivity index (χ0) is 18.9. The largest absolute Gasteiger partial charge is 0.350 e. The van der Waals surface area contributed by atoms with Crippen LogP contribution >= 0.6 is 0 Å². The fourth-order valence-corrected chi connectivity index (χ4v) is 4.55. The minimum absolute atomic E-state index is 0.0276. The minimum atomic E-state index is -0.871. The highest BCUT2D eigenvalue weighted by atomic mass is 16.2. The van der Waals surface area contributed by atoms with Crippen LogP contribution in [0.5, 0.6) is 0 Å². The van der Waals surface area contributed by atoms with Gasteiger partial charge in [-0.25, -0.2) is 4.79 Å². The summed E-state index contributed by atoms with van der Waals surface area (Å²) < 4.78 is 0. The van der Waals surface area contributed by atoms with Crippen LogP contribution in [0.2, 0.25) is 0 Å². The molecule has 1 aliphatic carbocycles. The number of carbonyl (C=O) groups is 3. The van der Waals surface area contributed by atoms with Crippen LogP contribution in [0.15, 0.2) is 24.5 Å². The lowest BCUT2D eigenvalue weighted by Gasteiger charge is -2.43. The number of pyridine rings is 1. The normalized spacial score (nSPS) is 27.5. The fourth-order valence-electron chi connectivity index (χ4n) is 4.55. The van der Waals surface area contributed by atoms with Gasteiger partial charge in [0, 0.05) is 18.9 Å². The van der Waals surface area contributed by atoms with E-state index < -0.39 is 11.6 Å². The molecule has 140 valence electrons. The van der Waals surface area contributed by atoms with Crippen LogP contribution in [-0.2, 0) is 16.1 Å². The van der Waals surface area contributed by atoms with Gasteiger partial charge in [-0.1, -0.05) is 20.8 Å². The van der Waals surface area contributed by atoms with Crippen molar-refractivity contribution in [2.45, 2.75) is 52.1 Å². The van der Waals surface area contributed by atoms with E-state index in [0.717, 1.165) is 16.9 Å². The summed E-state index contributed by atoms with van der Waals surface area (Å²) in [5.74, 6) is -0.296. The molecule has 26 heavy (non-hydrogen) atoms. The van der Waals surface area contributed by atoms with Crippen molar-refractivity contribution in [1.82, 2.24) is 20.5 Å². The summed E-state index contributed by atoms with van der Waals surface area (Å²) in [5.41, 5.74) is 0.00833. The van der Waals surface area contributed by atoms with Gasteiger partial charge >= 0.3 is 6.03 Å². The molecule has 2 unspecified atom stereocenters. The van der Waals surface area contributed by atoms with Crippen molar-refractivity contribution < 1.29 is 14.4 Å². The molecule has 2 atom stereocenters. The third-order valence-corrected chi connectivity index (χ3v) is 5.16. The average molecular weight is 358 g/mol. The number of hydrogen-bond acceptors (Lipinski definition) is 4. The van der Waals surface area contributed by atoms with Gasteiger partial charge in [-0.15, -0.1) is 0 Å². The Morgan fingerprint density at radius 1 is 1.31 bits per heavy atom. The molecule has 1 saturated heterocycles. The number of nitrogens with zero attached hydrogens (tertiary/aromatic N) is 2. The monoisotopic (exact) mass is 358 g/mol. The molecular weight excluding hydrogens is 332 g/mol. The number of aromatic nitrogens is 1. The molecule has 1 aliphatic heterocycles. The predicted molar refractivity (Wildman–Crippen MR) is 95.9 cm³/mol. The maximum Gasteiger partial charge on any atom is 0.325 e. The van der Waals surface area contributed by atoms with Crippen LogP contribution in [0.4, 0.5) is 4.79 Å². The van der Waals surface area contributed by atoms with Crippen molar-refractivity contribution in [3.05, 3.63) is 30.1 Å². The minimum Gasteiger partial charge on any atom is -0.350 e. The van der Waals surface area contributed by atoms with Gasteiger partial charge in [-0.05, 0) is 48.3 Å². The summed E-state index contributed by atoms with van der Waals surface area (Å²) in [4.78, 5) is 42.6. The molecule has 1 aromatic rings. The number of amides is 4. The molecule has 7 nitrogen and oxygen atoms in total. The predicted octanol–water partition coefficient (Wildman–Crippen LogP) is 1.83. The number of carbonyl (C=O) groups excluding carboxylic acids is 3. The van der Waals surface area contributed by atoms with Gasteiger partial charge in [-0.2, -0.15) is 0 Å². The summed E-state index contributed by atoms with van der Waals surface area (Å²) in [7, 11) is 0. The Kier molecular flexibility index (Phi) is 4.73. The van der Waals surface area contributed by atoms with Crippen molar-refractivity contribution in [3.63, 3.8) is 0 Å². The quantitative estimate of drug-likeness (QED) is 0.804. The van der Waals surface area contributed by atoms with E-state index in [0.29, 0.717) is 25.3 Å². The van der Waals surface area contributed by atoms with Crippen LogP contribution in [0.1, 0.15) is 45.6 Å². The summed E-state index contributed by atoms with van der Waals surface area (Å²) in [6.45, 7) is 6.42. The lowest BCUT2D eigenvalue weighted by molar-refractivity contribution is -0.137. The maximum atomic E-state index is 13.0. The Morgan fingerprint density at radius 3 is 2.65 bits per heavy atom. The van der Waals surface area contributed by atoms with Gasteiger partial charge in [-0.3, -0.25) is 19.5 Å². The van der Waals surface area contributed by atoms with Gasteiger partial charge in [0.25, 0.3) is 5.91 Å². The smallest absolute Gasteiger partial charge is 0.325 e. The average Bonchev–Trinajstić information content (AvgIpc) is 2.75. The maximum absolute atomic E-state index is 13.0. The molecule has 1 saturated carbocycles. The fraction of sp³-hybridized carbons (Fsp3) is 0.579.